The second kappa shape index (κ2) is 5.77. The first-order chi connectivity index (χ1) is 7.51. The fourth-order valence-corrected chi connectivity index (χ4v) is 2.06. The summed E-state index contributed by atoms with van der Waals surface area (Å²) in [4.78, 5) is 8.98. The van der Waals surface area contributed by atoms with Crippen molar-refractivity contribution in [2.75, 3.05) is 19.5 Å². The summed E-state index contributed by atoms with van der Waals surface area (Å²) in [6.07, 6.45) is -0.0530. The number of ether oxygens (including phenoxy) is 1. The summed E-state index contributed by atoms with van der Waals surface area (Å²) in [7, 11) is 3.56. The monoisotopic (exact) mass is 335 g/mol. The molecule has 1 aromatic rings. The third-order valence-electron chi connectivity index (χ3n) is 2.38. The number of anilines is 1. The number of aryl methyl sites for hydroxylation is 1. The lowest BCUT2D eigenvalue weighted by molar-refractivity contribution is 0.0574. The summed E-state index contributed by atoms with van der Waals surface area (Å²) in [6, 6.07) is 0. The minimum Gasteiger partial charge on any atom is -0.373 e. The Bertz CT molecular complexity index is 368. The highest BCUT2D eigenvalue weighted by atomic mass is 127. The predicted octanol–water partition coefficient (Wildman–Crippen LogP) is 2.77. The molecule has 0 spiro atoms. The average Bonchev–Trinajstić information content (AvgIpc) is 2.23. The molecule has 1 rings (SSSR count). The van der Waals surface area contributed by atoms with Crippen LogP contribution in [0, 0.1) is 16.4 Å². The highest BCUT2D eigenvalue weighted by Crippen LogP contribution is 2.26. The number of hydrogen-bond donors (Lipinski definition) is 1. The number of halogens is 1. The summed E-state index contributed by atoms with van der Waals surface area (Å²) in [5.41, 5.74) is 0.984. The maximum atomic E-state index is 5.44. The van der Waals surface area contributed by atoms with Gasteiger partial charge >= 0.3 is 0 Å². The van der Waals surface area contributed by atoms with Crippen molar-refractivity contribution in [3.63, 3.8) is 0 Å². The Morgan fingerprint density at radius 2 is 1.94 bits per heavy atom. The van der Waals surface area contributed by atoms with E-state index in [0.29, 0.717) is 5.92 Å². The molecular weight excluding hydrogens is 317 g/mol. The van der Waals surface area contributed by atoms with E-state index in [-0.39, 0.29) is 6.10 Å². The maximum Gasteiger partial charge on any atom is 0.160 e. The molecule has 5 heteroatoms. The van der Waals surface area contributed by atoms with Crippen molar-refractivity contribution >= 4 is 28.4 Å². The quantitative estimate of drug-likeness (QED) is 0.860. The van der Waals surface area contributed by atoms with Crippen molar-refractivity contribution < 1.29 is 4.74 Å². The minimum absolute atomic E-state index is 0.0530. The molecule has 16 heavy (non-hydrogen) atoms. The Kier molecular flexibility index (Phi) is 4.91. The molecule has 0 aliphatic carbocycles. The topological polar surface area (TPSA) is 47.0 Å². The van der Waals surface area contributed by atoms with E-state index in [1.807, 2.05) is 14.0 Å². The molecule has 0 aromatic carbocycles. The SMILES string of the molecule is CNc1nc(C(OC)C(C)C)nc(C)c1I. The van der Waals surface area contributed by atoms with Gasteiger partial charge in [0.1, 0.15) is 11.9 Å². The van der Waals surface area contributed by atoms with Crippen LogP contribution in [-0.4, -0.2) is 24.1 Å². The van der Waals surface area contributed by atoms with Gasteiger partial charge in [-0.2, -0.15) is 0 Å². The number of rotatable bonds is 4. The molecule has 1 heterocycles. The van der Waals surface area contributed by atoms with Gasteiger partial charge in [0.25, 0.3) is 0 Å². The normalized spacial score (nSPS) is 12.9. The van der Waals surface area contributed by atoms with E-state index in [0.717, 1.165) is 20.9 Å². The Hall–Kier alpha value is -0.430. The van der Waals surface area contributed by atoms with E-state index in [9.17, 15) is 0 Å². The largest absolute Gasteiger partial charge is 0.373 e. The molecule has 0 saturated heterocycles. The molecule has 0 saturated carbocycles. The third-order valence-corrected chi connectivity index (χ3v) is 3.68. The van der Waals surface area contributed by atoms with Crippen molar-refractivity contribution in [3.05, 3.63) is 15.1 Å². The van der Waals surface area contributed by atoms with Gasteiger partial charge in [-0.15, -0.1) is 0 Å². The predicted molar refractivity (Wildman–Crippen MR) is 73.6 cm³/mol. The lowest BCUT2D eigenvalue weighted by Gasteiger charge is -2.19. The molecule has 0 aliphatic rings. The van der Waals surface area contributed by atoms with Crippen molar-refractivity contribution in [3.8, 4) is 0 Å². The Labute approximate surface area is 110 Å². The molecule has 1 aromatic heterocycles. The highest BCUT2D eigenvalue weighted by molar-refractivity contribution is 14.1. The van der Waals surface area contributed by atoms with Gasteiger partial charge in [0.2, 0.25) is 0 Å². The van der Waals surface area contributed by atoms with Gasteiger partial charge < -0.3 is 10.1 Å². The summed E-state index contributed by atoms with van der Waals surface area (Å²) in [5, 5.41) is 3.08. The number of nitrogens with one attached hydrogen (secondary N) is 1. The molecule has 0 aliphatic heterocycles. The third kappa shape index (κ3) is 2.82. The smallest absolute Gasteiger partial charge is 0.160 e. The first-order valence-electron chi connectivity index (χ1n) is 5.25. The van der Waals surface area contributed by atoms with Crippen LogP contribution in [0.5, 0.6) is 0 Å². The number of methoxy groups -OCH3 is 1. The fourth-order valence-electron chi connectivity index (χ4n) is 1.55. The van der Waals surface area contributed by atoms with Crippen LogP contribution in [0.15, 0.2) is 0 Å². The highest BCUT2D eigenvalue weighted by Gasteiger charge is 2.20. The van der Waals surface area contributed by atoms with Gasteiger partial charge in [0.15, 0.2) is 5.82 Å². The zero-order valence-corrected chi connectivity index (χ0v) is 12.5. The molecule has 0 bridgehead atoms. The van der Waals surface area contributed by atoms with E-state index >= 15 is 0 Å². The molecule has 4 nitrogen and oxygen atoms in total. The molecule has 90 valence electrons. The van der Waals surface area contributed by atoms with Crippen LogP contribution in [0.2, 0.25) is 0 Å². The van der Waals surface area contributed by atoms with E-state index in [1.54, 1.807) is 7.11 Å². The van der Waals surface area contributed by atoms with Crippen molar-refractivity contribution in [1.29, 1.82) is 0 Å². The number of nitrogens with zero attached hydrogens (tertiary/aromatic N) is 2. The fraction of sp³-hybridized carbons (Fsp3) is 0.636. The minimum atomic E-state index is -0.0530. The lowest BCUT2D eigenvalue weighted by Crippen LogP contribution is -2.15. The van der Waals surface area contributed by atoms with Crippen molar-refractivity contribution in [1.82, 2.24) is 9.97 Å². The zero-order chi connectivity index (χ0) is 12.3. The van der Waals surface area contributed by atoms with Gasteiger partial charge in [-0.1, -0.05) is 13.8 Å². The van der Waals surface area contributed by atoms with Crippen LogP contribution >= 0.6 is 22.6 Å². The summed E-state index contributed by atoms with van der Waals surface area (Å²) in [6.45, 7) is 6.19. The van der Waals surface area contributed by atoms with E-state index in [1.165, 1.54) is 0 Å². The first kappa shape index (κ1) is 13.6. The molecule has 1 unspecified atom stereocenters. The molecule has 1 atom stereocenters. The number of hydrogen-bond acceptors (Lipinski definition) is 4. The van der Waals surface area contributed by atoms with Crippen LogP contribution in [0.4, 0.5) is 5.82 Å². The Morgan fingerprint density at radius 1 is 1.31 bits per heavy atom. The van der Waals surface area contributed by atoms with E-state index < -0.39 is 0 Å². The van der Waals surface area contributed by atoms with Gasteiger partial charge in [0, 0.05) is 14.2 Å². The second-order valence-electron chi connectivity index (χ2n) is 3.98. The standard InChI is InChI=1S/C11H18IN3O/c1-6(2)9(16-5)11-14-7(3)8(12)10(13-4)15-11/h6,9H,1-5H3,(H,13,14,15). The molecule has 0 fully saturated rings. The van der Waals surface area contributed by atoms with Crippen LogP contribution in [0.3, 0.4) is 0 Å². The Balaban J connectivity index is 3.19. The molecular formula is C11H18IN3O. The van der Waals surface area contributed by atoms with Crippen LogP contribution in [0.1, 0.15) is 31.5 Å². The zero-order valence-electron chi connectivity index (χ0n) is 10.3. The van der Waals surface area contributed by atoms with E-state index in [4.69, 9.17) is 4.74 Å². The average molecular weight is 335 g/mol. The Morgan fingerprint density at radius 3 is 2.38 bits per heavy atom. The summed E-state index contributed by atoms with van der Waals surface area (Å²) < 4.78 is 6.49. The van der Waals surface area contributed by atoms with Crippen molar-refractivity contribution in [2.45, 2.75) is 26.9 Å². The van der Waals surface area contributed by atoms with E-state index in [2.05, 4.69) is 51.7 Å². The lowest BCUT2D eigenvalue weighted by atomic mass is 10.1. The molecule has 1 N–H and O–H groups in total. The summed E-state index contributed by atoms with van der Waals surface area (Å²) in [5.74, 6) is 1.97. The van der Waals surface area contributed by atoms with Gasteiger partial charge in [-0.25, -0.2) is 9.97 Å². The molecule has 0 amide bonds. The second-order valence-corrected chi connectivity index (χ2v) is 5.06. The maximum absolute atomic E-state index is 5.44. The van der Waals surface area contributed by atoms with Crippen LogP contribution in [-0.2, 0) is 4.74 Å². The summed E-state index contributed by atoms with van der Waals surface area (Å²) >= 11 is 2.25. The van der Waals surface area contributed by atoms with Crippen LogP contribution < -0.4 is 5.32 Å². The van der Waals surface area contributed by atoms with Gasteiger partial charge in [-0.3, -0.25) is 0 Å². The van der Waals surface area contributed by atoms with Gasteiger partial charge in [0.05, 0.1) is 9.26 Å². The van der Waals surface area contributed by atoms with Gasteiger partial charge in [-0.05, 0) is 35.4 Å². The number of aromatic nitrogens is 2. The van der Waals surface area contributed by atoms with Crippen molar-refractivity contribution in [2.24, 2.45) is 5.92 Å². The molecule has 0 radical (unpaired) electrons. The first-order valence-corrected chi connectivity index (χ1v) is 6.33. The van der Waals surface area contributed by atoms with Crippen LogP contribution in [0.25, 0.3) is 0 Å².